The summed E-state index contributed by atoms with van der Waals surface area (Å²) in [4.78, 5) is 23.1. The lowest BCUT2D eigenvalue weighted by Crippen LogP contribution is -2.46. The number of carbonyl (C=O) groups is 1. The van der Waals surface area contributed by atoms with E-state index in [-0.39, 0.29) is 19.1 Å². The summed E-state index contributed by atoms with van der Waals surface area (Å²) in [6.45, 7) is 4.73. The molecule has 344 valence electrons. The lowest BCUT2D eigenvalue weighted by molar-refractivity contribution is -0.870. The molecule has 0 fully saturated rings. The summed E-state index contributed by atoms with van der Waals surface area (Å²) < 4.78 is 23.6. The van der Waals surface area contributed by atoms with E-state index < -0.39 is 20.0 Å². The smallest absolute Gasteiger partial charge is 0.391 e. The second-order valence-electron chi connectivity index (χ2n) is 17.5. The number of phosphoric acid groups is 1. The number of aliphatic hydroxyl groups is 1. The Balaban J connectivity index is 4.04. The lowest BCUT2D eigenvalue weighted by atomic mass is 10.0. The van der Waals surface area contributed by atoms with Crippen LogP contribution in [0.4, 0.5) is 0 Å². The fourth-order valence-electron chi connectivity index (χ4n) is 6.72. The van der Waals surface area contributed by atoms with Gasteiger partial charge in [-0.15, -0.1) is 0 Å². The van der Waals surface area contributed by atoms with Crippen LogP contribution in [-0.2, 0) is 18.4 Å². The molecule has 1 amide bonds. The highest BCUT2D eigenvalue weighted by Crippen LogP contribution is 2.43. The van der Waals surface area contributed by atoms with Crippen LogP contribution in [0.15, 0.2) is 60.8 Å². The molecular formula is C50H94N2O6P+. The van der Waals surface area contributed by atoms with E-state index in [2.05, 4.69) is 79.9 Å². The third-order valence-corrected chi connectivity index (χ3v) is 11.5. The maximum Gasteiger partial charge on any atom is 0.472 e. The van der Waals surface area contributed by atoms with Crippen LogP contribution >= 0.6 is 7.82 Å². The number of hydrogen-bond donors (Lipinski definition) is 3. The van der Waals surface area contributed by atoms with Gasteiger partial charge in [-0.1, -0.05) is 197 Å². The molecule has 0 bridgehead atoms. The molecule has 59 heavy (non-hydrogen) atoms. The number of quaternary nitrogens is 1. The summed E-state index contributed by atoms with van der Waals surface area (Å²) in [6, 6.07) is -0.760. The van der Waals surface area contributed by atoms with Crippen LogP contribution in [0.25, 0.3) is 0 Å². The normalized spacial score (nSPS) is 14.8. The van der Waals surface area contributed by atoms with Gasteiger partial charge >= 0.3 is 7.82 Å². The number of aliphatic hydroxyl groups excluding tert-OH is 1. The van der Waals surface area contributed by atoms with Crippen molar-refractivity contribution >= 4 is 13.7 Å². The minimum atomic E-state index is -4.31. The van der Waals surface area contributed by atoms with E-state index in [9.17, 15) is 19.4 Å². The van der Waals surface area contributed by atoms with Gasteiger partial charge in [0.1, 0.15) is 13.2 Å². The van der Waals surface area contributed by atoms with Crippen LogP contribution in [0.3, 0.4) is 0 Å². The van der Waals surface area contributed by atoms with E-state index in [4.69, 9.17) is 9.05 Å². The molecule has 0 rings (SSSR count). The first kappa shape index (κ1) is 57.2. The first-order valence-corrected chi connectivity index (χ1v) is 25.6. The lowest BCUT2D eigenvalue weighted by Gasteiger charge is -2.26. The van der Waals surface area contributed by atoms with Gasteiger partial charge in [0.05, 0.1) is 39.9 Å². The molecule has 3 N–H and O–H groups in total. The second kappa shape index (κ2) is 41.5. The molecule has 3 unspecified atom stereocenters. The quantitative estimate of drug-likeness (QED) is 0.0244. The van der Waals surface area contributed by atoms with Crippen LogP contribution < -0.4 is 5.32 Å². The Bertz CT molecular complexity index is 1140. The zero-order valence-corrected chi connectivity index (χ0v) is 39.9. The van der Waals surface area contributed by atoms with Crippen LogP contribution in [0.2, 0.25) is 0 Å². The number of rotatable bonds is 43. The molecule has 0 aromatic carbocycles. The molecule has 0 heterocycles. The number of allylic oxidation sites excluding steroid dienone is 10. The van der Waals surface area contributed by atoms with Crippen LogP contribution in [-0.4, -0.2) is 73.4 Å². The van der Waals surface area contributed by atoms with Crippen molar-refractivity contribution in [3.8, 4) is 0 Å². The Labute approximate surface area is 364 Å². The Kier molecular flexibility index (Phi) is 40.3. The Morgan fingerprint density at radius 3 is 1.49 bits per heavy atom. The predicted molar refractivity (Wildman–Crippen MR) is 254 cm³/mol. The first-order chi connectivity index (χ1) is 28.5. The van der Waals surface area contributed by atoms with Gasteiger partial charge in [-0.25, -0.2) is 4.57 Å². The van der Waals surface area contributed by atoms with Gasteiger partial charge in [0, 0.05) is 6.42 Å². The van der Waals surface area contributed by atoms with E-state index in [0.29, 0.717) is 23.9 Å². The van der Waals surface area contributed by atoms with E-state index in [1.54, 1.807) is 0 Å². The van der Waals surface area contributed by atoms with Crippen molar-refractivity contribution in [1.29, 1.82) is 0 Å². The Hall–Kier alpha value is -1.80. The molecule has 3 atom stereocenters. The Morgan fingerprint density at radius 1 is 0.593 bits per heavy atom. The zero-order valence-electron chi connectivity index (χ0n) is 39.0. The summed E-state index contributed by atoms with van der Waals surface area (Å²) in [5, 5.41) is 13.9. The van der Waals surface area contributed by atoms with Crippen LogP contribution in [0.1, 0.15) is 200 Å². The fourth-order valence-corrected chi connectivity index (χ4v) is 7.46. The summed E-state index contributed by atoms with van der Waals surface area (Å²) >= 11 is 0. The molecule has 0 aromatic rings. The molecule has 0 aromatic heterocycles. The minimum Gasteiger partial charge on any atom is -0.391 e. The highest BCUT2D eigenvalue weighted by atomic mass is 31.2. The molecular weight excluding hydrogens is 756 g/mol. The SMILES string of the molecule is CC/C=C\C/C=C\C/C=C\C/C=C\C/C=C\CCCCCCCCCCCCCCCC(=O)NC(COP(=O)(O)OCC[N+](C)(C)C)C(O)CCCCCCCCCC. The standard InChI is InChI=1S/C50H93N2O6P/c1-6-8-10-12-14-16-17-18-19-20-21-22-23-24-25-26-27-28-29-30-31-32-33-34-35-36-38-40-42-44-50(54)51-48(47-58-59(55,56)57-46-45-52(3,4)5)49(53)43-41-39-37-15-13-11-9-7-2/h8,10,14,16,18-19,21-22,24-25,48-49,53H,6-7,9,11-13,15,17,20,23,26-47H2,1-5H3,(H-,51,54,55,56)/p+1/b10-8-,16-14-,19-18-,22-21-,25-24-. The van der Waals surface area contributed by atoms with E-state index >= 15 is 0 Å². The number of nitrogens with one attached hydrogen (secondary N) is 1. The first-order valence-electron chi connectivity index (χ1n) is 24.2. The number of carbonyl (C=O) groups excluding carboxylic acids is 1. The average molecular weight is 850 g/mol. The van der Waals surface area contributed by atoms with Crippen molar-refractivity contribution in [2.24, 2.45) is 0 Å². The van der Waals surface area contributed by atoms with Gasteiger partial charge in [-0.05, 0) is 57.8 Å². The number of likely N-dealkylation sites (N-methyl/N-ethyl adjacent to an activating group) is 1. The van der Waals surface area contributed by atoms with Gasteiger partial charge in [0.2, 0.25) is 5.91 Å². The number of nitrogens with zero attached hydrogens (tertiary/aromatic N) is 1. The van der Waals surface area contributed by atoms with Crippen molar-refractivity contribution in [2.45, 2.75) is 212 Å². The van der Waals surface area contributed by atoms with Gasteiger partial charge in [0.25, 0.3) is 0 Å². The summed E-state index contributed by atoms with van der Waals surface area (Å²) in [7, 11) is 1.61. The maximum atomic E-state index is 12.9. The molecule has 8 nitrogen and oxygen atoms in total. The van der Waals surface area contributed by atoms with E-state index in [1.807, 2.05) is 21.1 Å². The summed E-state index contributed by atoms with van der Waals surface area (Å²) in [6.07, 6.45) is 54.2. The molecule has 0 saturated heterocycles. The minimum absolute atomic E-state index is 0.0724. The van der Waals surface area contributed by atoms with Gasteiger partial charge in [0.15, 0.2) is 0 Å². The molecule has 0 spiro atoms. The van der Waals surface area contributed by atoms with Crippen LogP contribution in [0.5, 0.6) is 0 Å². The molecule has 0 aliphatic heterocycles. The monoisotopic (exact) mass is 850 g/mol. The Morgan fingerprint density at radius 2 is 1.02 bits per heavy atom. The molecule has 0 aliphatic rings. The average Bonchev–Trinajstić information content (AvgIpc) is 3.19. The molecule has 0 saturated carbocycles. The number of amides is 1. The highest BCUT2D eigenvalue weighted by molar-refractivity contribution is 7.47. The van der Waals surface area contributed by atoms with Crippen molar-refractivity contribution < 1.29 is 32.9 Å². The van der Waals surface area contributed by atoms with Crippen molar-refractivity contribution in [3.63, 3.8) is 0 Å². The fraction of sp³-hybridized carbons (Fsp3) is 0.780. The topological polar surface area (TPSA) is 105 Å². The summed E-state index contributed by atoms with van der Waals surface area (Å²) in [5.74, 6) is -0.151. The van der Waals surface area contributed by atoms with Gasteiger partial charge < -0.3 is 19.8 Å². The number of unbranched alkanes of at least 4 members (excludes halogenated alkanes) is 20. The summed E-state index contributed by atoms with van der Waals surface area (Å²) in [5.41, 5.74) is 0. The van der Waals surface area contributed by atoms with Crippen LogP contribution in [0, 0.1) is 0 Å². The number of hydrogen-bond acceptors (Lipinski definition) is 5. The van der Waals surface area contributed by atoms with Crippen molar-refractivity contribution in [2.75, 3.05) is 40.9 Å². The number of phosphoric ester groups is 1. The molecule has 9 heteroatoms. The predicted octanol–water partition coefficient (Wildman–Crippen LogP) is 13.8. The van der Waals surface area contributed by atoms with Crippen molar-refractivity contribution in [1.82, 2.24) is 5.32 Å². The third-order valence-electron chi connectivity index (χ3n) is 10.5. The largest absolute Gasteiger partial charge is 0.472 e. The zero-order chi connectivity index (χ0) is 43.6. The molecule has 0 aliphatic carbocycles. The van der Waals surface area contributed by atoms with Gasteiger partial charge in [-0.3, -0.25) is 13.8 Å². The van der Waals surface area contributed by atoms with Gasteiger partial charge in [-0.2, -0.15) is 0 Å². The maximum absolute atomic E-state index is 12.9. The second-order valence-corrected chi connectivity index (χ2v) is 18.9. The molecule has 0 radical (unpaired) electrons. The van der Waals surface area contributed by atoms with Crippen molar-refractivity contribution in [3.05, 3.63) is 60.8 Å². The van der Waals surface area contributed by atoms with E-state index in [0.717, 1.165) is 70.6 Å². The highest BCUT2D eigenvalue weighted by Gasteiger charge is 2.28. The van der Waals surface area contributed by atoms with E-state index in [1.165, 1.54) is 103 Å². The third kappa shape index (κ3) is 44.1.